The molecular weight excluding hydrogens is 233 g/mol. The molecule has 0 bridgehead atoms. The molecule has 1 aromatic heterocycles. The number of carbonyl (C=O) groups is 1. The maximum atomic E-state index is 11.0. The Hall–Kier alpha value is -0.520. The van der Waals surface area contributed by atoms with Crippen LogP contribution in [0.25, 0.3) is 0 Å². The Morgan fingerprint density at radius 2 is 2.54 bits per heavy atom. The van der Waals surface area contributed by atoms with E-state index in [0.717, 1.165) is 9.30 Å². The first-order valence-electron chi connectivity index (χ1n) is 3.37. The molecule has 0 aliphatic heterocycles. The molecule has 0 radical (unpaired) electrons. The first-order chi connectivity index (χ1) is 6.09. The van der Waals surface area contributed by atoms with Crippen LogP contribution in [-0.4, -0.2) is 22.5 Å². The van der Waals surface area contributed by atoms with Gasteiger partial charge in [0.2, 0.25) is 0 Å². The van der Waals surface area contributed by atoms with Crippen LogP contribution in [-0.2, 0) is 6.54 Å². The van der Waals surface area contributed by atoms with E-state index < -0.39 is 0 Å². The monoisotopic (exact) mass is 239 g/mol. The van der Waals surface area contributed by atoms with Gasteiger partial charge in [0.05, 0.1) is 6.54 Å². The lowest BCUT2D eigenvalue weighted by molar-refractivity contribution is 0.229. The Morgan fingerprint density at radius 1 is 1.85 bits per heavy atom. The summed E-state index contributed by atoms with van der Waals surface area (Å²) in [6.07, 6.45) is 1.61. The fourth-order valence-electron chi connectivity index (χ4n) is 0.637. The molecule has 72 valence electrons. The van der Waals surface area contributed by atoms with E-state index in [1.54, 1.807) is 6.20 Å². The highest BCUT2D eigenvalue weighted by atomic mass is 35.5. The number of nitrogens with one attached hydrogen (secondary N) is 1. The van der Waals surface area contributed by atoms with Crippen molar-refractivity contribution >= 4 is 40.7 Å². The zero-order chi connectivity index (χ0) is 9.84. The number of nitrogens with zero attached hydrogens (tertiary/aromatic N) is 2. The number of halogens is 2. The number of hydrogen-bond donors (Lipinski definition) is 1. The van der Waals surface area contributed by atoms with E-state index in [2.05, 4.69) is 10.3 Å². The van der Waals surface area contributed by atoms with Crippen LogP contribution in [0.15, 0.2) is 6.20 Å². The quantitative estimate of drug-likeness (QED) is 0.804. The largest absolute Gasteiger partial charge is 0.332 e. The predicted molar refractivity (Wildman–Crippen MR) is 53.0 cm³/mol. The van der Waals surface area contributed by atoms with Crippen LogP contribution >= 0.6 is 34.7 Å². The Labute approximate surface area is 89.6 Å². The molecule has 2 amide bonds. The lowest BCUT2D eigenvalue weighted by Gasteiger charge is -2.07. The minimum Gasteiger partial charge on any atom is -0.332 e. The van der Waals surface area contributed by atoms with E-state index in [9.17, 15) is 4.79 Å². The van der Waals surface area contributed by atoms with Crippen LogP contribution in [0.2, 0.25) is 4.47 Å². The molecular formula is C6H7Cl2N3OS. The second-order valence-corrected chi connectivity index (χ2v) is 4.42. The normalized spacial score (nSPS) is 9.77. The standard InChI is InChI=1S/C6H7Cl2N3OS/c1-11(8)6(12)10-3-4-2-9-5(7)13-4/h2H,3H2,1H3,(H,10,12). The molecule has 0 saturated carbocycles. The van der Waals surface area contributed by atoms with Crippen LogP contribution in [0.1, 0.15) is 4.88 Å². The molecule has 7 heteroatoms. The van der Waals surface area contributed by atoms with Crippen molar-refractivity contribution in [3.8, 4) is 0 Å². The lowest BCUT2D eigenvalue weighted by Crippen LogP contribution is -2.30. The fraction of sp³-hybridized carbons (Fsp3) is 0.333. The summed E-state index contributed by atoms with van der Waals surface area (Å²) in [4.78, 5) is 15.7. The van der Waals surface area contributed by atoms with Crippen LogP contribution in [0.3, 0.4) is 0 Å². The van der Waals surface area contributed by atoms with Crippen molar-refractivity contribution < 1.29 is 4.79 Å². The summed E-state index contributed by atoms with van der Waals surface area (Å²) < 4.78 is 1.41. The van der Waals surface area contributed by atoms with Gasteiger partial charge in [0.25, 0.3) is 0 Å². The summed E-state index contributed by atoms with van der Waals surface area (Å²) >= 11 is 12.3. The fourth-order valence-corrected chi connectivity index (χ4v) is 1.61. The molecule has 4 nitrogen and oxygen atoms in total. The van der Waals surface area contributed by atoms with E-state index >= 15 is 0 Å². The van der Waals surface area contributed by atoms with E-state index in [1.165, 1.54) is 18.4 Å². The van der Waals surface area contributed by atoms with Crippen molar-refractivity contribution in [1.29, 1.82) is 0 Å². The van der Waals surface area contributed by atoms with Crippen LogP contribution in [0.4, 0.5) is 4.79 Å². The maximum absolute atomic E-state index is 11.0. The average molecular weight is 240 g/mol. The smallest absolute Gasteiger partial charge is 0.331 e. The Bertz CT molecular complexity index is 302. The number of urea groups is 1. The SMILES string of the molecule is CN(Cl)C(=O)NCc1cnc(Cl)s1. The highest BCUT2D eigenvalue weighted by Gasteiger charge is 2.05. The molecule has 1 aromatic rings. The first-order valence-corrected chi connectivity index (χ1v) is 4.90. The van der Waals surface area contributed by atoms with Crippen molar-refractivity contribution in [3.63, 3.8) is 0 Å². The van der Waals surface area contributed by atoms with Crippen molar-refractivity contribution in [1.82, 2.24) is 14.7 Å². The van der Waals surface area contributed by atoms with Crippen molar-refractivity contribution in [2.24, 2.45) is 0 Å². The van der Waals surface area contributed by atoms with Gasteiger partial charge in [-0.3, -0.25) is 0 Å². The Balaban J connectivity index is 2.39. The van der Waals surface area contributed by atoms with Gasteiger partial charge in [-0.2, -0.15) is 0 Å². The number of thiazole rings is 1. The minimum absolute atomic E-state index is 0.355. The third-order valence-corrected chi connectivity index (χ3v) is 2.49. The second-order valence-electron chi connectivity index (χ2n) is 2.22. The molecule has 0 saturated heterocycles. The van der Waals surface area contributed by atoms with Gasteiger partial charge in [0.1, 0.15) is 0 Å². The van der Waals surface area contributed by atoms with Gasteiger partial charge in [0.15, 0.2) is 4.47 Å². The maximum Gasteiger partial charge on any atom is 0.331 e. The zero-order valence-electron chi connectivity index (χ0n) is 6.75. The summed E-state index contributed by atoms with van der Waals surface area (Å²) in [6, 6.07) is -0.355. The topological polar surface area (TPSA) is 45.2 Å². The molecule has 0 fully saturated rings. The minimum atomic E-state index is -0.355. The molecule has 0 aliphatic rings. The second kappa shape index (κ2) is 4.64. The molecule has 0 unspecified atom stereocenters. The Kier molecular flexibility index (Phi) is 3.77. The van der Waals surface area contributed by atoms with Gasteiger partial charge in [-0.15, -0.1) is 11.3 Å². The van der Waals surface area contributed by atoms with Gasteiger partial charge in [-0.1, -0.05) is 11.6 Å². The molecule has 1 N–H and O–H groups in total. The van der Waals surface area contributed by atoms with Crippen LogP contribution in [0.5, 0.6) is 0 Å². The van der Waals surface area contributed by atoms with E-state index in [0.29, 0.717) is 11.0 Å². The molecule has 0 aliphatic carbocycles. The lowest BCUT2D eigenvalue weighted by atomic mass is 10.5. The average Bonchev–Trinajstić information content (AvgIpc) is 2.47. The molecule has 1 heterocycles. The summed E-state index contributed by atoms with van der Waals surface area (Å²) in [5.74, 6) is 0. The number of rotatable bonds is 2. The van der Waals surface area contributed by atoms with Gasteiger partial charge in [-0.25, -0.2) is 14.2 Å². The van der Waals surface area contributed by atoms with Crippen molar-refractivity contribution in [2.75, 3.05) is 7.05 Å². The highest BCUT2D eigenvalue weighted by molar-refractivity contribution is 7.15. The van der Waals surface area contributed by atoms with Crippen molar-refractivity contribution in [2.45, 2.75) is 6.54 Å². The third-order valence-electron chi connectivity index (χ3n) is 1.22. The number of aromatic nitrogens is 1. The van der Waals surface area contributed by atoms with Gasteiger partial charge >= 0.3 is 6.03 Å². The Morgan fingerprint density at radius 3 is 3.00 bits per heavy atom. The number of hydrogen-bond acceptors (Lipinski definition) is 3. The van der Waals surface area contributed by atoms with E-state index in [-0.39, 0.29) is 6.03 Å². The van der Waals surface area contributed by atoms with Gasteiger partial charge in [-0.05, 0) is 0 Å². The van der Waals surface area contributed by atoms with E-state index in [1.807, 2.05) is 0 Å². The van der Waals surface area contributed by atoms with Gasteiger partial charge < -0.3 is 5.32 Å². The number of carbonyl (C=O) groups excluding carboxylic acids is 1. The molecule has 0 atom stereocenters. The highest BCUT2D eigenvalue weighted by Crippen LogP contribution is 2.17. The predicted octanol–water partition coefficient (Wildman–Crippen LogP) is 2.09. The van der Waals surface area contributed by atoms with E-state index in [4.69, 9.17) is 23.4 Å². The molecule has 1 rings (SSSR count). The summed E-state index contributed by atoms with van der Waals surface area (Å²) in [7, 11) is 1.45. The van der Waals surface area contributed by atoms with Crippen LogP contribution < -0.4 is 5.32 Å². The zero-order valence-corrected chi connectivity index (χ0v) is 9.08. The van der Waals surface area contributed by atoms with Crippen molar-refractivity contribution in [3.05, 3.63) is 15.5 Å². The first kappa shape index (κ1) is 10.6. The summed E-state index contributed by atoms with van der Waals surface area (Å²) in [6.45, 7) is 0.389. The molecule has 0 aromatic carbocycles. The molecule has 0 spiro atoms. The van der Waals surface area contributed by atoms with Crippen LogP contribution in [0, 0.1) is 0 Å². The summed E-state index contributed by atoms with van der Waals surface area (Å²) in [5, 5.41) is 2.58. The molecule has 13 heavy (non-hydrogen) atoms. The number of amides is 2. The van der Waals surface area contributed by atoms with Gasteiger partial charge in [0, 0.05) is 29.9 Å². The third kappa shape index (κ3) is 3.38. The summed E-state index contributed by atoms with van der Waals surface area (Å²) in [5.41, 5.74) is 0.